The van der Waals surface area contributed by atoms with Gasteiger partial charge in [-0.15, -0.1) is 11.3 Å². The van der Waals surface area contributed by atoms with Crippen molar-refractivity contribution in [1.82, 2.24) is 30.4 Å². The van der Waals surface area contributed by atoms with E-state index < -0.39 is 52.9 Å². The predicted molar refractivity (Wildman–Crippen MR) is 267 cm³/mol. The third-order valence-corrected chi connectivity index (χ3v) is 14.2. The molecule has 0 saturated carbocycles. The van der Waals surface area contributed by atoms with Crippen LogP contribution in [0.1, 0.15) is 121 Å². The van der Waals surface area contributed by atoms with Crippen molar-refractivity contribution in [2.24, 2.45) is 5.41 Å². The van der Waals surface area contributed by atoms with Crippen LogP contribution in [0.15, 0.2) is 66.2 Å². The Labute approximate surface area is 413 Å². The highest BCUT2D eigenvalue weighted by Crippen LogP contribution is 2.44. The number of thiazole rings is 1. The van der Waals surface area contributed by atoms with E-state index in [0.29, 0.717) is 44.6 Å². The van der Waals surface area contributed by atoms with Crippen molar-refractivity contribution in [1.29, 1.82) is 0 Å². The SMILES string of the molecule is Cc1ncsc1-c1ccc(CNC(=O)[C@@H]2C[C@@H](O)CN2C(=O)[C@@H](NC(=O)CCCCCOCCCCOc2cc(F)c([C@@H]3c4[nH]c5ccccc5c4C[C@@H](C)N3CC(C)(C)F)c(F)c2)C(C)(C)C)cc1. The maximum absolute atomic E-state index is 16.0. The van der Waals surface area contributed by atoms with Gasteiger partial charge >= 0.3 is 0 Å². The number of unbranched alkanes of at least 4 members (excludes halogenated alkanes) is 3. The molecule has 2 aliphatic heterocycles. The summed E-state index contributed by atoms with van der Waals surface area (Å²) in [6, 6.07) is 15.3. The van der Waals surface area contributed by atoms with E-state index in [0.717, 1.165) is 51.0 Å². The minimum atomic E-state index is -1.59. The summed E-state index contributed by atoms with van der Waals surface area (Å²) in [4.78, 5) is 52.7. The van der Waals surface area contributed by atoms with Gasteiger partial charge < -0.3 is 35.1 Å². The van der Waals surface area contributed by atoms with Crippen LogP contribution in [-0.2, 0) is 32.1 Å². The van der Waals surface area contributed by atoms with Gasteiger partial charge in [-0.25, -0.2) is 18.2 Å². The molecule has 2 aromatic heterocycles. The Morgan fingerprint density at radius 1 is 0.957 bits per heavy atom. The molecule has 4 heterocycles. The minimum Gasteiger partial charge on any atom is -0.493 e. The van der Waals surface area contributed by atoms with Gasteiger partial charge in [0.1, 0.15) is 35.1 Å². The predicted octanol–water partition coefficient (Wildman–Crippen LogP) is 9.51. The largest absolute Gasteiger partial charge is 0.493 e. The highest BCUT2D eigenvalue weighted by Gasteiger charge is 2.45. The first-order chi connectivity index (χ1) is 33.3. The van der Waals surface area contributed by atoms with Gasteiger partial charge in [-0.3, -0.25) is 19.3 Å². The Bertz CT molecular complexity index is 2570. The molecule has 0 unspecified atom stereocenters. The van der Waals surface area contributed by atoms with Gasteiger partial charge in [0, 0.05) is 86.0 Å². The van der Waals surface area contributed by atoms with E-state index in [9.17, 15) is 19.5 Å². The topological polar surface area (TPSA) is 149 Å². The quantitative estimate of drug-likeness (QED) is 0.0532. The van der Waals surface area contributed by atoms with Crippen molar-refractivity contribution in [2.75, 3.05) is 32.9 Å². The van der Waals surface area contributed by atoms with E-state index >= 15 is 13.2 Å². The highest BCUT2D eigenvalue weighted by molar-refractivity contribution is 7.13. The molecule has 5 atom stereocenters. The van der Waals surface area contributed by atoms with Crippen molar-refractivity contribution in [2.45, 2.75) is 142 Å². The second kappa shape index (κ2) is 22.9. The number of nitrogens with zero attached hydrogens (tertiary/aromatic N) is 3. The van der Waals surface area contributed by atoms with Crippen molar-refractivity contribution >= 4 is 40.0 Å². The first-order valence-corrected chi connectivity index (χ1v) is 25.5. The Morgan fingerprint density at radius 2 is 1.64 bits per heavy atom. The number of hydrogen-bond donors (Lipinski definition) is 4. The number of aromatic nitrogens is 2. The summed E-state index contributed by atoms with van der Waals surface area (Å²) in [7, 11) is 0. The third-order valence-electron chi connectivity index (χ3n) is 13.3. The monoisotopic (exact) mass is 986 g/mol. The maximum Gasteiger partial charge on any atom is 0.246 e. The Hall–Kier alpha value is -5.29. The van der Waals surface area contributed by atoms with E-state index in [1.807, 2.05) is 93.6 Å². The number of hydrogen-bond acceptors (Lipinski definition) is 9. The molecule has 2 aliphatic rings. The summed E-state index contributed by atoms with van der Waals surface area (Å²) in [5, 5.41) is 17.4. The molecule has 0 spiro atoms. The van der Waals surface area contributed by atoms with Crippen LogP contribution >= 0.6 is 11.3 Å². The van der Waals surface area contributed by atoms with Gasteiger partial charge in [0.05, 0.1) is 34.8 Å². The number of carbonyl (C=O) groups is 3. The van der Waals surface area contributed by atoms with Gasteiger partial charge in [0.25, 0.3) is 0 Å². The van der Waals surface area contributed by atoms with Gasteiger partial charge in [-0.05, 0) is 88.0 Å². The third kappa shape index (κ3) is 13.0. The van der Waals surface area contributed by atoms with Crippen LogP contribution in [-0.4, -0.2) is 105 Å². The summed E-state index contributed by atoms with van der Waals surface area (Å²) in [6.07, 6.45) is 3.40. The number of nitrogens with one attached hydrogen (secondary N) is 3. The van der Waals surface area contributed by atoms with Crippen LogP contribution in [0.25, 0.3) is 21.3 Å². The van der Waals surface area contributed by atoms with Crippen LogP contribution < -0.4 is 15.4 Å². The number of aliphatic hydroxyl groups excluding tert-OH is 1. The number of aromatic amines is 1. The van der Waals surface area contributed by atoms with E-state index in [4.69, 9.17) is 9.47 Å². The first-order valence-electron chi connectivity index (χ1n) is 24.6. The number of fused-ring (bicyclic) bond motifs is 3. The van der Waals surface area contributed by atoms with Gasteiger partial charge in [0.15, 0.2) is 0 Å². The zero-order chi connectivity index (χ0) is 50.3. The molecule has 1 fully saturated rings. The van der Waals surface area contributed by atoms with Gasteiger partial charge in [-0.2, -0.15) is 0 Å². The zero-order valence-electron chi connectivity index (χ0n) is 41.5. The lowest BCUT2D eigenvalue weighted by Gasteiger charge is -2.43. The molecule has 7 rings (SSSR count). The molecule has 12 nitrogen and oxygen atoms in total. The number of para-hydroxylation sites is 1. The minimum absolute atomic E-state index is 0.000620. The molecule has 4 N–H and O–H groups in total. The van der Waals surface area contributed by atoms with Gasteiger partial charge in [0.2, 0.25) is 17.7 Å². The second-order valence-electron chi connectivity index (χ2n) is 20.6. The molecule has 1 saturated heterocycles. The maximum atomic E-state index is 16.0. The smallest absolute Gasteiger partial charge is 0.246 e. The molecule has 70 heavy (non-hydrogen) atoms. The summed E-state index contributed by atoms with van der Waals surface area (Å²) >= 11 is 1.57. The number of H-pyrrole nitrogens is 1. The molecule has 5 aromatic rings. The van der Waals surface area contributed by atoms with Crippen LogP contribution in [0.5, 0.6) is 5.75 Å². The molecule has 0 radical (unpaired) electrons. The number of carbonyl (C=O) groups excluding carboxylic acids is 3. The lowest BCUT2D eigenvalue weighted by Crippen LogP contribution is -2.57. The van der Waals surface area contributed by atoms with Crippen LogP contribution in [0, 0.1) is 24.0 Å². The highest BCUT2D eigenvalue weighted by atomic mass is 32.1. The van der Waals surface area contributed by atoms with E-state index in [1.165, 1.54) is 30.9 Å². The normalized spacial score (nSPS) is 19.0. The fraction of sp³-hybridized carbons (Fsp3) is 0.519. The Balaban J connectivity index is 0.808. The number of halogens is 3. The fourth-order valence-electron chi connectivity index (χ4n) is 9.68. The Kier molecular flexibility index (Phi) is 17.1. The molecule has 16 heteroatoms. The molecular weight excluding hydrogens is 918 g/mol. The lowest BCUT2D eigenvalue weighted by atomic mass is 9.85. The summed E-state index contributed by atoms with van der Waals surface area (Å²) in [6.45, 7) is 13.9. The van der Waals surface area contributed by atoms with Crippen LogP contribution in [0.4, 0.5) is 13.2 Å². The number of alkyl halides is 1. The zero-order valence-corrected chi connectivity index (χ0v) is 42.3. The number of aliphatic hydroxyl groups is 1. The van der Waals surface area contributed by atoms with E-state index in [1.54, 1.807) is 11.3 Å². The average molecular weight is 987 g/mol. The van der Waals surface area contributed by atoms with E-state index in [-0.39, 0.29) is 68.3 Å². The molecule has 3 aromatic carbocycles. The molecule has 378 valence electrons. The standard InChI is InChI=1S/C54H69F3N6O6S/c1-33-25-40-39-15-10-11-16-43(39)60-47(40)48(63(33)31-54(6,7)57)46-41(55)27-38(28-42(46)56)69-24-14-13-23-68-22-12-8-9-17-45(65)61-50(53(3,4)5)52(67)62-30-37(64)26-44(62)51(66)58-29-35-18-20-36(21-19-35)49-34(2)59-32-70-49/h10-11,15-16,18-21,27-28,32-33,37,44,48,50,60,64H,8-9,12-14,17,22-26,29-31H2,1-7H3,(H,58,66)(H,61,65)/t33-,37-,44+,48-,50-/m1/s1. The van der Waals surface area contributed by atoms with Crippen molar-refractivity contribution < 1.29 is 42.1 Å². The van der Waals surface area contributed by atoms with Crippen LogP contribution in [0.2, 0.25) is 0 Å². The number of benzene rings is 3. The molecule has 3 amide bonds. The molecule has 0 bridgehead atoms. The number of likely N-dealkylation sites (tertiary alicyclic amines) is 1. The molecule has 0 aliphatic carbocycles. The number of ether oxygens (including phenoxy) is 2. The van der Waals surface area contributed by atoms with Crippen molar-refractivity contribution in [3.8, 4) is 16.2 Å². The number of β-amino-alcohol motifs (C(OH)–C–C–N with tert-alkyl or cyclic N) is 1. The van der Waals surface area contributed by atoms with Crippen molar-refractivity contribution in [3.05, 3.63) is 106 Å². The number of aryl methyl sites for hydroxylation is 1. The Morgan fingerprint density at radius 3 is 2.31 bits per heavy atom. The van der Waals surface area contributed by atoms with E-state index in [2.05, 4.69) is 20.6 Å². The number of rotatable bonds is 21. The first kappa shape index (κ1) is 52.5. The number of amides is 3. The lowest BCUT2D eigenvalue weighted by molar-refractivity contribution is -0.144. The molecular formula is C54H69F3N6O6S. The van der Waals surface area contributed by atoms with Crippen LogP contribution in [0.3, 0.4) is 0 Å². The van der Waals surface area contributed by atoms with Gasteiger partial charge in [-0.1, -0.05) is 69.7 Å². The summed E-state index contributed by atoms with van der Waals surface area (Å²) in [5.41, 5.74) is 4.86. The van der Waals surface area contributed by atoms with Crippen molar-refractivity contribution in [3.63, 3.8) is 0 Å². The average Bonchev–Trinajstić information content (AvgIpc) is 4.02. The summed E-state index contributed by atoms with van der Waals surface area (Å²) in [5.74, 6) is -2.45. The second-order valence-corrected chi connectivity index (χ2v) is 21.5. The summed E-state index contributed by atoms with van der Waals surface area (Å²) < 4.78 is 58.8. The fourth-order valence-corrected chi connectivity index (χ4v) is 10.5.